The Hall–Kier alpha value is -0.530. The van der Waals surface area contributed by atoms with E-state index in [4.69, 9.17) is 0 Å². The minimum atomic E-state index is -0.125. The molecular weight excluding hydrogens is 128 g/mol. The molecule has 0 aromatic rings. The lowest BCUT2D eigenvalue weighted by Gasteiger charge is -1.99. The van der Waals surface area contributed by atoms with Gasteiger partial charge in [0.05, 0.1) is 7.11 Å². The van der Waals surface area contributed by atoms with Crippen LogP contribution < -0.4 is 0 Å². The van der Waals surface area contributed by atoms with E-state index in [2.05, 4.69) is 4.74 Å². The quantitative estimate of drug-likeness (QED) is 0.558. The molecule has 0 fully saturated rings. The molecule has 0 heterocycles. The highest BCUT2D eigenvalue weighted by atomic mass is 16.5. The molecule has 0 aromatic heterocycles. The zero-order chi connectivity index (χ0) is 8.57. The second kappa shape index (κ2) is 8.47. The Morgan fingerprint density at radius 2 is 1.80 bits per heavy atom. The second-order valence-corrected chi connectivity index (χ2v) is 2.17. The lowest BCUT2D eigenvalue weighted by molar-refractivity contribution is -0.141. The Kier molecular flexibility index (Phi) is 10.3. The normalized spacial score (nSPS) is 8.20. The molecule has 0 rings (SSSR count). The van der Waals surface area contributed by atoms with Crippen molar-refractivity contribution >= 4 is 5.97 Å². The fourth-order valence-corrected chi connectivity index (χ4v) is 0.417. The molecule has 2 heteroatoms. The van der Waals surface area contributed by atoms with Gasteiger partial charge in [-0.15, -0.1) is 0 Å². The van der Waals surface area contributed by atoms with Crippen LogP contribution in [0.25, 0.3) is 0 Å². The van der Waals surface area contributed by atoms with Crippen LogP contribution in [0.2, 0.25) is 0 Å². The van der Waals surface area contributed by atoms with Crippen LogP contribution in [0, 0.1) is 5.92 Å². The smallest absolute Gasteiger partial charge is 0.305 e. The summed E-state index contributed by atoms with van der Waals surface area (Å²) in [5.41, 5.74) is 0. The monoisotopic (exact) mass is 146 g/mol. The molecule has 0 saturated heterocycles. The SMILES string of the molecule is CC.COC(=O)CC(C)C. The number of rotatable bonds is 2. The standard InChI is InChI=1S/C6H12O2.C2H6/c1-5(2)4-6(7)8-3;1-2/h5H,4H2,1-3H3;1-2H3. The molecule has 0 aliphatic heterocycles. The van der Waals surface area contributed by atoms with Crippen LogP contribution in [0.5, 0.6) is 0 Å². The fourth-order valence-electron chi connectivity index (χ4n) is 0.417. The Balaban J connectivity index is 0. The Morgan fingerprint density at radius 3 is 1.90 bits per heavy atom. The third kappa shape index (κ3) is 10.5. The largest absolute Gasteiger partial charge is 0.469 e. The van der Waals surface area contributed by atoms with Gasteiger partial charge in [0.15, 0.2) is 0 Å². The van der Waals surface area contributed by atoms with Gasteiger partial charge in [0.25, 0.3) is 0 Å². The molecule has 0 amide bonds. The van der Waals surface area contributed by atoms with Crippen molar-refractivity contribution in [3.63, 3.8) is 0 Å². The summed E-state index contributed by atoms with van der Waals surface area (Å²) in [6.07, 6.45) is 0.524. The zero-order valence-corrected chi connectivity index (χ0v) is 7.60. The first-order valence-electron chi connectivity index (χ1n) is 3.73. The van der Waals surface area contributed by atoms with E-state index in [0.717, 1.165) is 0 Å². The third-order valence-corrected chi connectivity index (χ3v) is 0.803. The molecule has 2 nitrogen and oxygen atoms in total. The molecule has 0 N–H and O–H groups in total. The summed E-state index contributed by atoms with van der Waals surface area (Å²) < 4.78 is 4.42. The van der Waals surface area contributed by atoms with Crippen molar-refractivity contribution < 1.29 is 9.53 Å². The summed E-state index contributed by atoms with van der Waals surface area (Å²) in [6, 6.07) is 0. The van der Waals surface area contributed by atoms with Crippen LogP contribution >= 0.6 is 0 Å². The van der Waals surface area contributed by atoms with E-state index in [0.29, 0.717) is 12.3 Å². The summed E-state index contributed by atoms with van der Waals surface area (Å²) in [5, 5.41) is 0. The summed E-state index contributed by atoms with van der Waals surface area (Å²) >= 11 is 0. The Bertz CT molecular complexity index is 77.3. The van der Waals surface area contributed by atoms with E-state index in [9.17, 15) is 4.79 Å². The van der Waals surface area contributed by atoms with Crippen LogP contribution in [0.3, 0.4) is 0 Å². The minimum absolute atomic E-state index is 0.125. The van der Waals surface area contributed by atoms with Crippen molar-refractivity contribution in [3.05, 3.63) is 0 Å². The maximum absolute atomic E-state index is 10.4. The zero-order valence-electron chi connectivity index (χ0n) is 7.60. The molecule has 0 aromatic carbocycles. The first-order valence-corrected chi connectivity index (χ1v) is 3.73. The van der Waals surface area contributed by atoms with Gasteiger partial charge in [0, 0.05) is 6.42 Å². The highest BCUT2D eigenvalue weighted by Crippen LogP contribution is 1.98. The van der Waals surface area contributed by atoms with Gasteiger partial charge in [-0.2, -0.15) is 0 Å². The minimum Gasteiger partial charge on any atom is -0.469 e. The number of esters is 1. The van der Waals surface area contributed by atoms with E-state index in [1.165, 1.54) is 7.11 Å². The van der Waals surface area contributed by atoms with Gasteiger partial charge in [0.1, 0.15) is 0 Å². The van der Waals surface area contributed by atoms with Crippen molar-refractivity contribution in [2.24, 2.45) is 5.92 Å². The maximum atomic E-state index is 10.4. The van der Waals surface area contributed by atoms with E-state index in [-0.39, 0.29) is 5.97 Å². The average Bonchev–Trinajstić information content (AvgIpc) is 1.91. The first kappa shape index (κ1) is 12.2. The molecule has 10 heavy (non-hydrogen) atoms. The Morgan fingerprint density at radius 1 is 1.40 bits per heavy atom. The molecule has 0 unspecified atom stereocenters. The highest BCUT2D eigenvalue weighted by molar-refractivity contribution is 5.69. The van der Waals surface area contributed by atoms with Crippen LogP contribution in [0.4, 0.5) is 0 Å². The van der Waals surface area contributed by atoms with Crippen molar-refractivity contribution in [1.29, 1.82) is 0 Å². The molecule has 0 radical (unpaired) electrons. The molecule has 62 valence electrons. The van der Waals surface area contributed by atoms with Crippen molar-refractivity contribution in [1.82, 2.24) is 0 Å². The number of methoxy groups -OCH3 is 1. The van der Waals surface area contributed by atoms with Gasteiger partial charge in [-0.05, 0) is 5.92 Å². The maximum Gasteiger partial charge on any atom is 0.305 e. The number of ether oxygens (including phenoxy) is 1. The predicted molar refractivity (Wildman–Crippen MR) is 42.8 cm³/mol. The number of hydrogen-bond donors (Lipinski definition) is 0. The van der Waals surface area contributed by atoms with E-state index >= 15 is 0 Å². The molecule has 0 saturated carbocycles. The lowest BCUT2D eigenvalue weighted by Crippen LogP contribution is -2.03. The van der Waals surface area contributed by atoms with Gasteiger partial charge in [-0.25, -0.2) is 0 Å². The van der Waals surface area contributed by atoms with Crippen molar-refractivity contribution in [2.45, 2.75) is 34.1 Å². The second-order valence-electron chi connectivity index (χ2n) is 2.17. The van der Waals surface area contributed by atoms with Crippen molar-refractivity contribution in [2.75, 3.05) is 7.11 Å². The molecular formula is C8H18O2. The summed E-state index contributed by atoms with van der Waals surface area (Å²) in [5.74, 6) is 0.280. The summed E-state index contributed by atoms with van der Waals surface area (Å²) in [6.45, 7) is 7.97. The average molecular weight is 146 g/mol. The van der Waals surface area contributed by atoms with Gasteiger partial charge in [-0.3, -0.25) is 4.79 Å². The molecule has 0 aliphatic rings. The van der Waals surface area contributed by atoms with E-state index in [1.807, 2.05) is 27.7 Å². The predicted octanol–water partition coefficient (Wildman–Crippen LogP) is 2.23. The molecule has 0 spiro atoms. The summed E-state index contributed by atoms with van der Waals surface area (Å²) in [4.78, 5) is 10.4. The van der Waals surface area contributed by atoms with E-state index in [1.54, 1.807) is 0 Å². The lowest BCUT2D eigenvalue weighted by atomic mass is 10.1. The van der Waals surface area contributed by atoms with Gasteiger partial charge < -0.3 is 4.74 Å². The van der Waals surface area contributed by atoms with Gasteiger partial charge in [-0.1, -0.05) is 27.7 Å². The van der Waals surface area contributed by atoms with Crippen LogP contribution in [-0.4, -0.2) is 13.1 Å². The number of hydrogen-bond acceptors (Lipinski definition) is 2. The topological polar surface area (TPSA) is 26.3 Å². The van der Waals surface area contributed by atoms with Crippen LogP contribution in [0.1, 0.15) is 34.1 Å². The van der Waals surface area contributed by atoms with Gasteiger partial charge >= 0.3 is 5.97 Å². The number of carbonyl (C=O) groups excluding carboxylic acids is 1. The first-order chi connectivity index (χ1) is 4.66. The summed E-state index contributed by atoms with van der Waals surface area (Å²) in [7, 11) is 1.41. The van der Waals surface area contributed by atoms with Crippen LogP contribution in [-0.2, 0) is 9.53 Å². The molecule has 0 atom stereocenters. The Labute approximate surface area is 63.6 Å². The molecule has 0 aliphatic carbocycles. The fraction of sp³-hybridized carbons (Fsp3) is 0.875. The van der Waals surface area contributed by atoms with Crippen LogP contribution in [0.15, 0.2) is 0 Å². The molecule has 0 bridgehead atoms. The van der Waals surface area contributed by atoms with Gasteiger partial charge in [0.2, 0.25) is 0 Å². The highest BCUT2D eigenvalue weighted by Gasteiger charge is 2.01. The third-order valence-electron chi connectivity index (χ3n) is 0.803. The van der Waals surface area contributed by atoms with Crippen molar-refractivity contribution in [3.8, 4) is 0 Å². The van der Waals surface area contributed by atoms with E-state index < -0.39 is 0 Å². The number of carbonyl (C=O) groups is 1.